The smallest absolute Gasteiger partial charge is 0.179 e. The van der Waals surface area contributed by atoms with Crippen molar-refractivity contribution in [2.45, 2.75) is 17.2 Å². The number of Topliss-reactive ketones (excluding diaryl/α,β-unsaturated/α-hetero) is 1. The minimum atomic E-state index is -1.14. The van der Waals surface area contributed by atoms with Gasteiger partial charge >= 0.3 is 0 Å². The molecule has 1 saturated carbocycles. The first-order chi connectivity index (χ1) is 6.60. The fourth-order valence-electron chi connectivity index (χ4n) is 1.68. The fraction of sp³-hybridized carbons (Fsp3) is 0.364. The molecule has 1 nitrogen and oxygen atoms in total. The summed E-state index contributed by atoms with van der Waals surface area (Å²) < 4.78 is -1.14. The third kappa shape index (κ3) is 1.67. The maximum absolute atomic E-state index is 11.1. The molecule has 0 aliphatic heterocycles. The van der Waals surface area contributed by atoms with E-state index >= 15 is 0 Å². The van der Waals surface area contributed by atoms with Gasteiger partial charge in [0.05, 0.1) is 0 Å². The van der Waals surface area contributed by atoms with E-state index in [0.717, 1.165) is 6.42 Å². The zero-order valence-corrected chi connectivity index (χ0v) is 9.05. The van der Waals surface area contributed by atoms with Crippen molar-refractivity contribution in [1.82, 2.24) is 0 Å². The highest BCUT2D eigenvalue weighted by Gasteiger charge is 2.51. The minimum Gasteiger partial charge on any atom is -0.296 e. The molecule has 0 spiro atoms. The van der Waals surface area contributed by atoms with E-state index in [4.69, 9.17) is 23.2 Å². The van der Waals surface area contributed by atoms with Gasteiger partial charge in [0.1, 0.15) is 0 Å². The number of carbonyl (C=O) groups is 1. The van der Waals surface area contributed by atoms with Crippen LogP contribution in [0.25, 0.3) is 0 Å². The summed E-state index contributed by atoms with van der Waals surface area (Å²) in [5.41, 5.74) is 1.18. The summed E-state index contributed by atoms with van der Waals surface area (Å²) in [6, 6.07) is 9.95. The van der Waals surface area contributed by atoms with Crippen LogP contribution in [0.3, 0.4) is 0 Å². The van der Waals surface area contributed by atoms with E-state index in [1.54, 1.807) is 0 Å². The first-order valence-electron chi connectivity index (χ1n) is 4.56. The van der Waals surface area contributed by atoms with Crippen LogP contribution < -0.4 is 0 Å². The molecule has 0 bridgehead atoms. The normalized spacial score (nSPS) is 24.4. The van der Waals surface area contributed by atoms with Crippen LogP contribution in [0, 0.1) is 5.92 Å². The lowest BCUT2D eigenvalue weighted by atomic mass is 9.78. The van der Waals surface area contributed by atoms with Crippen molar-refractivity contribution in [3.05, 3.63) is 35.9 Å². The van der Waals surface area contributed by atoms with E-state index in [9.17, 15) is 4.79 Å². The molecular formula is C11H10Cl2O. The zero-order chi connectivity index (χ0) is 10.2. The summed E-state index contributed by atoms with van der Waals surface area (Å²) in [5, 5.41) is 0. The van der Waals surface area contributed by atoms with Crippen LogP contribution in [0.1, 0.15) is 12.0 Å². The average molecular weight is 229 g/mol. The largest absolute Gasteiger partial charge is 0.296 e. The van der Waals surface area contributed by atoms with Crippen LogP contribution in [0.15, 0.2) is 30.3 Å². The molecule has 1 fully saturated rings. The van der Waals surface area contributed by atoms with Gasteiger partial charge in [0.2, 0.25) is 0 Å². The number of benzene rings is 1. The molecule has 0 aromatic heterocycles. The Balaban J connectivity index is 2.04. The Morgan fingerprint density at radius 3 is 2.43 bits per heavy atom. The Kier molecular flexibility index (Phi) is 2.54. The summed E-state index contributed by atoms with van der Waals surface area (Å²) in [5.74, 6) is 0.0162. The molecule has 1 aromatic carbocycles. The van der Waals surface area contributed by atoms with Gasteiger partial charge in [-0.15, -0.1) is 0 Å². The highest BCUT2D eigenvalue weighted by atomic mass is 35.5. The molecule has 1 aliphatic carbocycles. The van der Waals surface area contributed by atoms with Crippen molar-refractivity contribution in [2.24, 2.45) is 5.92 Å². The van der Waals surface area contributed by atoms with E-state index in [1.807, 2.05) is 30.3 Å². The Labute approximate surface area is 93.0 Å². The Morgan fingerprint density at radius 2 is 1.93 bits per heavy atom. The van der Waals surface area contributed by atoms with Crippen LogP contribution in [-0.2, 0) is 11.2 Å². The molecule has 1 atom stereocenters. The number of hydrogen-bond donors (Lipinski definition) is 0. The lowest BCUT2D eigenvalue weighted by Gasteiger charge is -2.37. The van der Waals surface area contributed by atoms with E-state index in [1.165, 1.54) is 5.56 Å². The molecule has 3 heteroatoms. The van der Waals surface area contributed by atoms with Gasteiger partial charge in [-0.2, -0.15) is 0 Å². The third-order valence-corrected chi connectivity index (χ3v) is 3.68. The topological polar surface area (TPSA) is 17.1 Å². The molecule has 1 aromatic rings. The van der Waals surface area contributed by atoms with Gasteiger partial charge in [-0.05, 0) is 12.0 Å². The van der Waals surface area contributed by atoms with Gasteiger partial charge in [0, 0.05) is 12.3 Å². The molecule has 2 rings (SSSR count). The first-order valence-corrected chi connectivity index (χ1v) is 5.31. The molecular weight excluding hydrogens is 219 g/mol. The predicted octanol–water partition coefficient (Wildman–Crippen LogP) is 2.99. The number of halogens is 2. The summed E-state index contributed by atoms with van der Waals surface area (Å²) in [6.45, 7) is 0. The fourth-order valence-corrected chi connectivity index (χ4v) is 2.15. The molecule has 0 saturated heterocycles. The van der Waals surface area contributed by atoms with Gasteiger partial charge in [0.25, 0.3) is 0 Å². The van der Waals surface area contributed by atoms with Crippen molar-refractivity contribution < 1.29 is 4.79 Å². The second-order valence-electron chi connectivity index (χ2n) is 3.64. The van der Waals surface area contributed by atoms with E-state index in [2.05, 4.69) is 0 Å². The Bertz CT molecular complexity index is 346. The van der Waals surface area contributed by atoms with E-state index < -0.39 is 4.33 Å². The van der Waals surface area contributed by atoms with Crippen molar-refractivity contribution in [2.75, 3.05) is 0 Å². The standard InChI is InChI=1S/C11H10Cl2O/c12-11(13)9(7-10(11)14)6-8-4-2-1-3-5-8/h1-5,9H,6-7H2/t9-/m0/s1. The second-order valence-corrected chi connectivity index (χ2v) is 5.02. The van der Waals surface area contributed by atoms with Crippen LogP contribution in [0.2, 0.25) is 0 Å². The van der Waals surface area contributed by atoms with Gasteiger partial charge in [0.15, 0.2) is 10.1 Å². The highest BCUT2D eigenvalue weighted by molar-refractivity contribution is 6.60. The van der Waals surface area contributed by atoms with Gasteiger partial charge in [-0.25, -0.2) is 0 Å². The monoisotopic (exact) mass is 228 g/mol. The van der Waals surface area contributed by atoms with Crippen molar-refractivity contribution in [3.8, 4) is 0 Å². The van der Waals surface area contributed by atoms with Crippen molar-refractivity contribution >= 4 is 29.0 Å². The maximum atomic E-state index is 11.1. The molecule has 74 valence electrons. The zero-order valence-electron chi connectivity index (χ0n) is 7.54. The van der Waals surface area contributed by atoms with Gasteiger partial charge < -0.3 is 0 Å². The van der Waals surface area contributed by atoms with Crippen LogP contribution in [0.4, 0.5) is 0 Å². The highest BCUT2D eigenvalue weighted by Crippen LogP contribution is 2.46. The predicted molar refractivity (Wildman–Crippen MR) is 57.7 cm³/mol. The maximum Gasteiger partial charge on any atom is 0.179 e. The SMILES string of the molecule is O=C1C[C@H](Cc2ccccc2)C1(Cl)Cl. The summed E-state index contributed by atoms with van der Waals surface area (Å²) in [6.07, 6.45) is 1.28. The number of carbonyl (C=O) groups excluding carboxylic acids is 1. The molecule has 0 radical (unpaired) electrons. The molecule has 14 heavy (non-hydrogen) atoms. The van der Waals surface area contributed by atoms with Crippen LogP contribution in [-0.4, -0.2) is 10.1 Å². The number of ketones is 1. The van der Waals surface area contributed by atoms with E-state index in [-0.39, 0.29) is 11.7 Å². The Morgan fingerprint density at radius 1 is 1.29 bits per heavy atom. The molecule has 1 aliphatic rings. The van der Waals surface area contributed by atoms with Crippen molar-refractivity contribution in [1.29, 1.82) is 0 Å². The van der Waals surface area contributed by atoms with Crippen molar-refractivity contribution in [3.63, 3.8) is 0 Å². The first kappa shape index (κ1) is 10.0. The summed E-state index contributed by atoms with van der Waals surface area (Å²) in [4.78, 5) is 11.1. The average Bonchev–Trinajstić information content (AvgIpc) is 2.19. The summed E-state index contributed by atoms with van der Waals surface area (Å²) >= 11 is 11.8. The molecule has 0 unspecified atom stereocenters. The summed E-state index contributed by atoms with van der Waals surface area (Å²) in [7, 11) is 0. The molecule has 0 N–H and O–H groups in total. The number of alkyl halides is 2. The van der Waals surface area contributed by atoms with Gasteiger partial charge in [-0.1, -0.05) is 53.5 Å². The molecule has 0 amide bonds. The number of rotatable bonds is 2. The minimum absolute atomic E-state index is 0.0539. The molecule has 0 heterocycles. The third-order valence-electron chi connectivity index (χ3n) is 2.64. The van der Waals surface area contributed by atoms with Crippen LogP contribution in [0.5, 0.6) is 0 Å². The quantitative estimate of drug-likeness (QED) is 0.712. The number of hydrogen-bond acceptors (Lipinski definition) is 1. The lowest BCUT2D eigenvalue weighted by molar-refractivity contribution is -0.128. The second kappa shape index (κ2) is 3.56. The van der Waals surface area contributed by atoms with E-state index in [0.29, 0.717) is 6.42 Å². The van der Waals surface area contributed by atoms with Gasteiger partial charge in [-0.3, -0.25) is 4.79 Å². The van der Waals surface area contributed by atoms with Crippen LogP contribution >= 0.6 is 23.2 Å². The Hall–Kier alpha value is -0.530. The lowest BCUT2D eigenvalue weighted by Crippen LogP contribution is -2.48.